The summed E-state index contributed by atoms with van der Waals surface area (Å²) in [7, 11) is -9.25. The van der Waals surface area contributed by atoms with Gasteiger partial charge < -0.3 is 25.3 Å². The number of hydrogen-bond acceptors (Lipinski definition) is 11. The van der Waals surface area contributed by atoms with Crippen molar-refractivity contribution < 1.29 is 45.0 Å². The normalized spacial score (nSPS) is 14.1. The third-order valence-electron chi connectivity index (χ3n) is 10.6. The molecule has 5 aromatic carbocycles. The Bertz CT molecular complexity index is 2550. The average molecular weight is 944 g/mol. The van der Waals surface area contributed by atoms with Crippen molar-refractivity contribution in [3.05, 3.63) is 150 Å². The summed E-state index contributed by atoms with van der Waals surface area (Å²) in [5.74, 6) is -0.967. The third kappa shape index (κ3) is 12.1. The van der Waals surface area contributed by atoms with E-state index in [9.17, 15) is 45.0 Å². The summed E-state index contributed by atoms with van der Waals surface area (Å²) in [5.41, 5.74) is -3.05. The van der Waals surface area contributed by atoms with Crippen LogP contribution in [-0.2, 0) is 19.9 Å². The molecule has 1 aliphatic rings. The van der Waals surface area contributed by atoms with Crippen LogP contribution in [-0.4, -0.2) is 89.0 Å². The molecule has 334 valence electrons. The van der Waals surface area contributed by atoms with E-state index in [1.807, 2.05) is 71.5 Å². The molecule has 1 aliphatic heterocycles. The summed E-state index contributed by atoms with van der Waals surface area (Å²) in [5, 5.41) is 24.2. The van der Waals surface area contributed by atoms with Gasteiger partial charge in [-0.25, -0.2) is 21.6 Å². The molecule has 18 heteroatoms. The molecular formula is C45H46ClF3N4O7S3. The van der Waals surface area contributed by atoms with Gasteiger partial charge in [0.2, 0.25) is 0 Å². The van der Waals surface area contributed by atoms with E-state index in [1.165, 1.54) is 23.9 Å². The third-order valence-corrected chi connectivity index (χ3v) is 14.8. The Hall–Kier alpha value is -4.62. The number of nitrogens with one attached hydrogen (secondary N) is 2. The van der Waals surface area contributed by atoms with Crippen molar-refractivity contribution >= 4 is 60.5 Å². The number of carbonyl (C=O) groups is 1. The molecule has 0 unspecified atom stereocenters. The second-order valence-corrected chi connectivity index (χ2v) is 20.0. The highest BCUT2D eigenvalue weighted by molar-refractivity contribution is 7.99. The molecule has 0 aromatic heterocycles. The van der Waals surface area contributed by atoms with E-state index in [0.717, 1.165) is 39.4 Å². The SMILES string of the molecule is CN(CCO)CC[C](CSc1ccccc1)Nc1ccc(S(=O)(=O)NC(=O)c2ccc(N3CCC([C](O)c4ccccc4-c4ccc(Cl)cc4)CC3)cc2)cc1S(=O)(=O)C(F)(F)F. The van der Waals surface area contributed by atoms with Gasteiger partial charge in [0.25, 0.3) is 25.8 Å². The van der Waals surface area contributed by atoms with Crippen LogP contribution in [0.4, 0.5) is 24.5 Å². The topological polar surface area (TPSA) is 156 Å². The number of alkyl halides is 3. The number of aliphatic hydroxyl groups excluding tert-OH is 2. The van der Waals surface area contributed by atoms with E-state index in [4.69, 9.17) is 11.6 Å². The molecule has 0 bridgehead atoms. The number of anilines is 2. The van der Waals surface area contributed by atoms with Crippen molar-refractivity contribution in [2.24, 2.45) is 5.92 Å². The van der Waals surface area contributed by atoms with Crippen LogP contribution < -0.4 is 14.9 Å². The highest BCUT2D eigenvalue weighted by Crippen LogP contribution is 2.39. The second-order valence-electron chi connectivity index (χ2n) is 14.9. The standard InChI is InChI=1S/C45H46ClF3N4O7S3/c1-52(27-28-54)24-23-35(30-61-37-7-3-2-4-8-37)50-41-20-19-38(29-42(41)62(57,58)45(47,48)49)63(59,60)51-44(56)33-13-17-36(18-14-33)53-25-21-32(22-26-53)43(55)40-10-6-5-9-39(40)31-11-15-34(46)16-12-31/h2-20,29,32,50,54-55H,21-28,30H2,1H3,(H,51,56). The quantitative estimate of drug-likeness (QED) is 0.0624. The number of hydrogen-bond donors (Lipinski definition) is 4. The highest BCUT2D eigenvalue weighted by Gasteiger charge is 2.48. The average Bonchev–Trinajstić information content (AvgIpc) is 3.27. The van der Waals surface area contributed by atoms with E-state index < -0.39 is 46.8 Å². The number of sulfonamides is 1. The van der Waals surface area contributed by atoms with Crippen LogP contribution >= 0.6 is 23.4 Å². The number of rotatable bonds is 18. The van der Waals surface area contributed by atoms with Crippen LogP contribution in [0.2, 0.25) is 5.02 Å². The maximum atomic E-state index is 14.1. The Balaban J connectivity index is 1.14. The predicted octanol–water partition coefficient (Wildman–Crippen LogP) is 8.64. The van der Waals surface area contributed by atoms with Crippen LogP contribution in [0.25, 0.3) is 11.1 Å². The fourth-order valence-corrected chi connectivity index (χ4v) is 10.1. The maximum absolute atomic E-state index is 14.1. The lowest BCUT2D eigenvalue weighted by atomic mass is 9.84. The van der Waals surface area contributed by atoms with Crippen molar-refractivity contribution in [1.82, 2.24) is 9.62 Å². The summed E-state index contributed by atoms with van der Waals surface area (Å²) in [6.07, 6.45) is 1.81. The number of carbonyl (C=O) groups excluding carboxylic acids is 1. The van der Waals surface area contributed by atoms with Crippen molar-refractivity contribution in [2.45, 2.75) is 39.5 Å². The number of benzene rings is 5. The molecule has 0 spiro atoms. The molecule has 1 saturated heterocycles. The predicted molar refractivity (Wildman–Crippen MR) is 240 cm³/mol. The largest absolute Gasteiger partial charge is 0.501 e. The van der Waals surface area contributed by atoms with Gasteiger partial charge in [0, 0.05) is 53.1 Å². The van der Waals surface area contributed by atoms with Gasteiger partial charge in [-0.15, -0.1) is 11.8 Å². The van der Waals surface area contributed by atoms with Gasteiger partial charge in [0.15, 0.2) is 0 Å². The molecule has 1 heterocycles. The summed E-state index contributed by atoms with van der Waals surface area (Å²) in [6.45, 7) is 1.72. The first-order valence-corrected chi connectivity index (χ1v) is 24.2. The van der Waals surface area contributed by atoms with Crippen molar-refractivity contribution in [3.63, 3.8) is 0 Å². The minimum Gasteiger partial charge on any atom is -0.395 e. The Morgan fingerprint density at radius 2 is 1.52 bits per heavy atom. The highest BCUT2D eigenvalue weighted by atomic mass is 35.5. The zero-order valence-corrected chi connectivity index (χ0v) is 37.3. The molecule has 5 aromatic rings. The number of likely N-dealkylation sites (N-methyl/N-ethyl adjacent to an activating group) is 1. The molecule has 1 fully saturated rings. The first kappa shape index (κ1) is 47.8. The second kappa shape index (κ2) is 20.9. The molecule has 6 rings (SSSR count). The fraction of sp³-hybridized carbons (Fsp3) is 0.267. The number of amides is 1. The number of nitrogens with zero attached hydrogens (tertiary/aromatic N) is 2. The molecule has 0 atom stereocenters. The van der Waals surface area contributed by atoms with Crippen LogP contribution in [0.3, 0.4) is 0 Å². The fourth-order valence-electron chi connectivity index (χ4n) is 7.06. The van der Waals surface area contributed by atoms with E-state index in [0.29, 0.717) is 62.3 Å². The lowest BCUT2D eigenvalue weighted by molar-refractivity contribution is -0.0435. The van der Waals surface area contributed by atoms with Crippen LogP contribution in [0, 0.1) is 18.1 Å². The Kier molecular flexibility index (Phi) is 15.9. The monoisotopic (exact) mass is 942 g/mol. The van der Waals surface area contributed by atoms with Crippen LogP contribution in [0.5, 0.6) is 0 Å². The van der Waals surface area contributed by atoms with Gasteiger partial charge in [-0.1, -0.05) is 66.2 Å². The van der Waals surface area contributed by atoms with E-state index in [2.05, 4.69) is 10.2 Å². The number of aliphatic hydroxyl groups is 2. The molecule has 2 radical (unpaired) electrons. The van der Waals surface area contributed by atoms with Crippen LogP contribution in [0.15, 0.2) is 136 Å². The van der Waals surface area contributed by atoms with Gasteiger partial charge in [-0.05, 0) is 116 Å². The molecule has 0 saturated carbocycles. The minimum absolute atomic E-state index is 0.0651. The molecule has 4 N–H and O–H groups in total. The van der Waals surface area contributed by atoms with Gasteiger partial charge in [-0.2, -0.15) is 13.2 Å². The molecule has 1 amide bonds. The smallest absolute Gasteiger partial charge is 0.395 e. The van der Waals surface area contributed by atoms with Gasteiger partial charge in [0.1, 0.15) is 11.0 Å². The summed E-state index contributed by atoms with van der Waals surface area (Å²) in [6, 6.07) is 32.9. The Morgan fingerprint density at radius 3 is 2.17 bits per heavy atom. The van der Waals surface area contributed by atoms with Crippen molar-refractivity contribution in [1.29, 1.82) is 0 Å². The summed E-state index contributed by atoms with van der Waals surface area (Å²) >= 11 is 7.44. The lowest BCUT2D eigenvalue weighted by Gasteiger charge is -2.35. The number of sulfone groups is 1. The van der Waals surface area contributed by atoms with E-state index >= 15 is 0 Å². The van der Waals surface area contributed by atoms with Crippen molar-refractivity contribution in [2.75, 3.05) is 55.8 Å². The van der Waals surface area contributed by atoms with E-state index in [1.54, 1.807) is 36.2 Å². The van der Waals surface area contributed by atoms with E-state index in [-0.39, 0.29) is 30.3 Å². The minimum atomic E-state index is -6.10. The van der Waals surface area contributed by atoms with Crippen molar-refractivity contribution in [3.8, 4) is 11.1 Å². The molecular weight excluding hydrogens is 897 g/mol. The maximum Gasteiger partial charge on any atom is 0.501 e. The molecule has 0 aliphatic carbocycles. The first-order valence-electron chi connectivity index (χ1n) is 19.8. The first-order chi connectivity index (χ1) is 30.0. The zero-order valence-electron chi connectivity index (χ0n) is 34.1. The number of halogens is 4. The van der Waals surface area contributed by atoms with Gasteiger partial charge in [-0.3, -0.25) is 4.79 Å². The lowest BCUT2D eigenvalue weighted by Crippen LogP contribution is -2.36. The zero-order chi connectivity index (χ0) is 45.4. The summed E-state index contributed by atoms with van der Waals surface area (Å²) in [4.78, 5) is 15.8. The van der Waals surface area contributed by atoms with Gasteiger partial charge >= 0.3 is 5.51 Å². The summed E-state index contributed by atoms with van der Waals surface area (Å²) < 4.78 is 97.0. The van der Waals surface area contributed by atoms with Gasteiger partial charge in [0.05, 0.1) is 23.2 Å². The molecule has 63 heavy (non-hydrogen) atoms. The number of piperidine rings is 1. The Morgan fingerprint density at radius 1 is 0.873 bits per heavy atom. The van der Waals surface area contributed by atoms with Crippen LogP contribution in [0.1, 0.15) is 35.2 Å². The Labute approximate surface area is 375 Å². The molecule has 11 nitrogen and oxygen atoms in total. The number of thioether (sulfide) groups is 1.